The van der Waals surface area contributed by atoms with Gasteiger partial charge in [0.1, 0.15) is 0 Å². The van der Waals surface area contributed by atoms with Crippen LogP contribution in [0.3, 0.4) is 0 Å². The average Bonchev–Trinajstić information content (AvgIpc) is 0.811. The Morgan fingerprint density at radius 3 is 0.600 bits per heavy atom. The second-order valence-corrected chi connectivity index (χ2v) is 0.289. The molecular weight excluding hydrogens is 128 g/mol. The van der Waals surface area contributed by atoms with E-state index in [-0.39, 0.29) is 73.0 Å². The summed E-state index contributed by atoms with van der Waals surface area (Å²) in [5, 5.41) is 25.2. The van der Waals surface area contributed by atoms with Crippen molar-refractivity contribution in [2.75, 3.05) is 0 Å². The van der Waals surface area contributed by atoms with Crippen LogP contribution in [0.5, 0.6) is 0 Å². The summed E-state index contributed by atoms with van der Waals surface area (Å²) in [6.45, 7) is 0. The zero-order chi connectivity index (χ0) is 3.58. The first-order valence-electron chi connectivity index (χ1n) is 0.707. The first kappa shape index (κ1) is 61.4. The molecule has 10 heavy (non-hydrogen) atoms. The summed E-state index contributed by atoms with van der Waals surface area (Å²) in [7, 11) is -2.92. The van der Waals surface area contributed by atoms with Crippen LogP contribution in [0.15, 0.2) is 0 Å². The molecule has 0 heterocycles. The van der Waals surface area contributed by atoms with Gasteiger partial charge in [0.15, 0.2) is 0 Å². The number of hydrogen-bond donors (Lipinski definition) is 0. The van der Waals surface area contributed by atoms with Crippen molar-refractivity contribution in [1.82, 2.24) is 0 Å². The van der Waals surface area contributed by atoms with Crippen LogP contribution in [0, 0.1) is 0 Å². The molecule has 0 spiro atoms. The molecule has 6 nitrogen and oxygen atoms in total. The Hall–Kier alpha value is 1.62. The topological polar surface area (TPSA) is 164 Å². The molecule has 0 aromatic carbocycles. The maximum atomic E-state index is 8.42. The number of hydrogen-bond acceptors (Lipinski definition) is 3. The van der Waals surface area contributed by atoms with Crippen LogP contribution < -0.4 is 71.7 Å². The Kier molecular flexibility index (Phi) is 283. The maximum absolute atomic E-state index is 8.42. The standard InChI is InChI=1S/BO3.3Li.3H2O/c2-1(3)4;;;;;;/h;;;;3*1H2/q-3;3*+1;;;. The van der Waals surface area contributed by atoms with Crippen molar-refractivity contribution in [3.8, 4) is 0 Å². The molecule has 0 aliphatic heterocycles. The molecule has 10 heteroatoms. The van der Waals surface area contributed by atoms with Gasteiger partial charge < -0.3 is 31.5 Å². The smallest absolute Gasteiger partial charge is 0.907 e. The van der Waals surface area contributed by atoms with Crippen LogP contribution in [0.1, 0.15) is 0 Å². The van der Waals surface area contributed by atoms with Gasteiger partial charge in [-0.15, -0.1) is 0 Å². The minimum absolute atomic E-state index is 0. The van der Waals surface area contributed by atoms with Gasteiger partial charge in [-0.1, -0.05) is 0 Å². The van der Waals surface area contributed by atoms with Crippen LogP contribution in [0.2, 0.25) is 0 Å². The molecule has 0 aromatic rings. The van der Waals surface area contributed by atoms with Crippen LogP contribution in [-0.2, 0) is 0 Å². The SMILES string of the molecule is O.O.O.[Li+].[Li+].[Li+].[O-]B([O-])[O-]. The minimum Gasteiger partial charge on any atom is -0.907 e. The molecule has 0 aliphatic carbocycles. The predicted octanol–water partition coefficient (Wildman–Crippen LogP) is -15.4. The van der Waals surface area contributed by atoms with Crippen molar-refractivity contribution in [3.63, 3.8) is 0 Å². The second kappa shape index (κ2) is 46.1. The molecule has 0 fully saturated rings. The summed E-state index contributed by atoms with van der Waals surface area (Å²) < 4.78 is 0. The fourth-order valence-electron chi connectivity index (χ4n) is 0. The normalized spacial score (nSPS) is 2.70. The molecule has 0 aliphatic rings. The van der Waals surface area contributed by atoms with Gasteiger partial charge in [0.05, 0.1) is 0 Å². The van der Waals surface area contributed by atoms with Crippen LogP contribution >= 0.6 is 0 Å². The number of rotatable bonds is 0. The molecule has 0 unspecified atom stereocenters. The minimum atomic E-state index is -2.92. The van der Waals surface area contributed by atoms with Crippen molar-refractivity contribution in [1.29, 1.82) is 0 Å². The molecule has 0 rings (SSSR count). The zero-order valence-electron chi connectivity index (χ0n) is 6.30. The van der Waals surface area contributed by atoms with Gasteiger partial charge in [-0.25, -0.2) is 0 Å². The summed E-state index contributed by atoms with van der Waals surface area (Å²) in [6.07, 6.45) is 0. The summed E-state index contributed by atoms with van der Waals surface area (Å²) >= 11 is 0. The van der Waals surface area contributed by atoms with Gasteiger partial charge in [-0.2, -0.15) is 0 Å². The van der Waals surface area contributed by atoms with Crippen molar-refractivity contribution in [2.45, 2.75) is 0 Å². The van der Waals surface area contributed by atoms with E-state index >= 15 is 0 Å². The Morgan fingerprint density at radius 1 is 0.600 bits per heavy atom. The molecule has 0 amide bonds. The molecule has 6 N–H and O–H groups in total. The first-order valence-corrected chi connectivity index (χ1v) is 0.707. The van der Waals surface area contributed by atoms with Gasteiger partial charge in [0.25, 0.3) is 0 Å². The molecule has 0 saturated heterocycles. The van der Waals surface area contributed by atoms with E-state index in [0.717, 1.165) is 0 Å². The van der Waals surface area contributed by atoms with Crippen molar-refractivity contribution >= 4 is 7.32 Å². The average molecular weight is 134 g/mol. The summed E-state index contributed by atoms with van der Waals surface area (Å²) in [5.74, 6) is 0. The van der Waals surface area contributed by atoms with E-state index in [4.69, 9.17) is 15.1 Å². The van der Waals surface area contributed by atoms with Gasteiger partial charge in [-0.3, -0.25) is 7.32 Å². The molecular formula is H6BLi3O6. The van der Waals surface area contributed by atoms with E-state index in [1.807, 2.05) is 0 Å². The molecule has 0 radical (unpaired) electrons. The van der Waals surface area contributed by atoms with E-state index in [9.17, 15) is 0 Å². The van der Waals surface area contributed by atoms with Crippen LogP contribution in [-0.4, -0.2) is 23.7 Å². The Balaban J connectivity index is -0.00000000300. The summed E-state index contributed by atoms with van der Waals surface area (Å²) in [6, 6.07) is 0. The Morgan fingerprint density at radius 2 is 0.600 bits per heavy atom. The second-order valence-electron chi connectivity index (χ2n) is 0.289. The Bertz CT molecular complexity index is 17.7. The monoisotopic (exact) mass is 134 g/mol. The molecule has 0 bridgehead atoms. The van der Waals surface area contributed by atoms with E-state index < -0.39 is 7.32 Å². The fourth-order valence-corrected chi connectivity index (χ4v) is 0. The Labute approximate surface area is 95.0 Å². The summed E-state index contributed by atoms with van der Waals surface area (Å²) in [4.78, 5) is 0. The molecule has 0 saturated carbocycles. The largest absolute Gasteiger partial charge is 1.00 e. The summed E-state index contributed by atoms with van der Waals surface area (Å²) in [5.41, 5.74) is 0. The van der Waals surface area contributed by atoms with Gasteiger partial charge >= 0.3 is 56.6 Å². The van der Waals surface area contributed by atoms with Gasteiger partial charge in [0.2, 0.25) is 0 Å². The van der Waals surface area contributed by atoms with E-state index in [1.165, 1.54) is 0 Å². The fraction of sp³-hybridized carbons (Fsp3) is 0. The molecule has 0 aromatic heterocycles. The third-order valence-electron chi connectivity index (χ3n) is 0. The first-order chi connectivity index (χ1) is 1.73. The van der Waals surface area contributed by atoms with Gasteiger partial charge in [-0.05, 0) is 0 Å². The predicted molar refractivity (Wildman–Crippen MR) is 16.6 cm³/mol. The molecule has 48 valence electrons. The van der Waals surface area contributed by atoms with Crippen molar-refractivity contribution in [3.05, 3.63) is 0 Å². The van der Waals surface area contributed by atoms with E-state index in [0.29, 0.717) is 0 Å². The van der Waals surface area contributed by atoms with Crippen LogP contribution in [0.4, 0.5) is 0 Å². The third kappa shape index (κ3) is 273. The maximum Gasteiger partial charge on any atom is 1.00 e. The van der Waals surface area contributed by atoms with E-state index in [1.54, 1.807) is 0 Å². The van der Waals surface area contributed by atoms with Gasteiger partial charge in [0, 0.05) is 0 Å². The molecule has 0 atom stereocenters. The third-order valence-corrected chi connectivity index (χ3v) is 0. The zero-order valence-corrected chi connectivity index (χ0v) is 6.30. The van der Waals surface area contributed by atoms with Crippen molar-refractivity contribution in [2.24, 2.45) is 0 Å². The quantitative estimate of drug-likeness (QED) is 0.300. The van der Waals surface area contributed by atoms with Crippen LogP contribution in [0.25, 0.3) is 0 Å². The van der Waals surface area contributed by atoms with E-state index in [2.05, 4.69) is 0 Å². The van der Waals surface area contributed by atoms with Crippen molar-refractivity contribution < 1.29 is 88.1 Å².